The minimum absolute atomic E-state index is 0. The van der Waals surface area contributed by atoms with E-state index in [0.29, 0.717) is 14.9 Å². The van der Waals surface area contributed by atoms with Gasteiger partial charge in [0.1, 0.15) is 0 Å². The Labute approximate surface area is 97.6 Å². The fourth-order valence-electron chi connectivity index (χ4n) is 0.486. The van der Waals surface area contributed by atoms with Crippen molar-refractivity contribution in [1.29, 1.82) is 0 Å². The molecule has 1 aromatic carbocycles. The van der Waals surface area contributed by atoms with Gasteiger partial charge in [-0.3, -0.25) is 0 Å². The van der Waals surface area contributed by atoms with Gasteiger partial charge in [0.05, 0.1) is 5.02 Å². The SMILES string of the molecule is Sc1cc(Cl)ccc1Cl.[Na]. The first-order valence-corrected chi connectivity index (χ1v) is 3.54. The second kappa shape index (κ2) is 4.91. The van der Waals surface area contributed by atoms with E-state index in [1.165, 1.54) is 0 Å². The van der Waals surface area contributed by atoms with Crippen LogP contribution in [0, 0.1) is 0 Å². The van der Waals surface area contributed by atoms with Crippen molar-refractivity contribution in [3.05, 3.63) is 28.2 Å². The van der Waals surface area contributed by atoms with Crippen molar-refractivity contribution in [3.8, 4) is 0 Å². The summed E-state index contributed by atoms with van der Waals surface area (Å²) >= 11 is 15.3. The summed E-state index contributed by atoms with van der Waals surface area (Å²) in [6.45, 7) is 0. The molecule has 0 bridgehead atoms. The number of benzene rings is 1. The van der Waals surface area contributed by atoms with Crippen molar-refractivity contribution in [1.82, 2.24) is 0 Å². The zero-order chi connectivity index (χ0) is 6.85. The van der Waals surface area contributed by atoms with E-state index in [9.17, 15) is 0 Å². The molecule has 0 amide bonds. The van der Waals surface area contributed by atoms with E-state index in [1.807, 2.05) is 0 Å². The summed E-state index contributed by atoms with van der Waals surface area (Å²) in [4.78, 5) is 0.712. The van der Waals surface area contributed by atoms with E-state index in [-0.39, 0.29) is 29.6 Å². The Bertz CT molecular complexity index is 227. The monoisotopic (exact) mass is 201 g/mol. The zero-order valence-electron chi connectivity index (χ0n) is 5.44. The Morgan fingerprint density at radius 2 is 1.80 bits per heavy atom. The molecule has 4 heteroatoms. The minimum Gasteiger partial charge on any atom is -0.142 e. The van der Waals surface area contributed by atoms with Crippen molar-refractivity contribution < 1.29 is 0 Å². The Morgan fingerprint density at radius 1 is 1.20 bits per heavy atom. The van der Waals surface area contributed by atoms with E-state index < -0.39 is 0 Å². The van der Waals surface area contributed by atoms with Crippen LogP contribution in [0.25, 0.3) is 0 Å². The van der Waals surface area contributed by atoms with E-state index in [2.05, 4.69) is 12.6 Å². The number of thiol groups is 1. The summed E-state index contributed by atoms with van der Waals surface area (Å²) in [7, 11) is 0. The average molecular weight is 202 g/mol. The van der Waals surface area contributed by atoms with Crippen LogP contribution in [0.1, 0.15) is 0 Å². The number of hydrogen-bond acceptors (Lipinski definition) is 1. The first kappa shape index (κ1) is 11.2. The van der Waals surface area contributed by atoms with Crippen LogP contribution in [0.15, 0.2) is 23.1 Å². The molecule has 0 N–H and O–H groups in total. The topological polar surface area (TPSA) is 0 Å². The van der Waals surface area contributed by atoms with Gasteiger partial charge in [-0.2, -0.15) is 0 Å². The Balaban J connectivity index is 0.000000810. The van der Waals surface area contributed by atoms with Crippen molar-refractivity contribution in [3.63, 3.8) is 0 Å². The molecule has 0 nitrogen and oxygen atoms in total. The molecule has 0 aliphatic rings. The maximum Gasteiger partial charge on any atom is 0.0540 e. The summed E-state index contributed by atoms with van der Waals surface area (Å²) < 4.78 is 0. The van der Waals surface area contributed by atoms with E-state index in [0.717, 1.165) is 0 Å². The predicted octanol–water partition coefficient (Wildman–Crippen LogP) is 2.90. The van der Waals surface area contributed by atoms with Crippen molar-refractivity contribution >= 4 is 65.4 Å². The van der Waals surface area contributed by atoms with Gasteiger partial charge in [-0.15, -0.1) is 12.6 Å². The van der Waals surface area contributed by atoms with Gasteiger partial charge in [0.15, 0.2) is 0 Å². The molecule has 1 rings (SSSR count). The first-order valence-electron chi connectivity index (χ1n) is 2.34. The molecule has 0 fully saturated rings. The van der Waals surface area contributed by atoms with Crippen LogP contribution in [0.5, 0.6) is 0 Å². The van der Waals surface area contributed by atoms with Gasteiger partial charge in [-0.05, 0) is 18.2 Å². The fraction of sp³-hybridized carbons (Fsp3) is 0. The maximum absolute atomic E-state index is 5.65. The van der Waals surface area contributed by atoms with Gasteiger partial charge in [-0.25, -0.2) is 0 Å². The molecule has 0 atom stereocenters. The molecule has 0 spiro atoms. The fourth-order valence-corrected chi connectivity index (χ4v) is 1.07. The third-order valence-electron chi connectivity index (χ3n) is 0.908. The largest absolute Gasteiger partial charge is 0.142 e. The van der Waals surface area contributed by atoms with E-state index >= 15 is 0 Å². The minimum atomic E-state index is 0. The molecule has 1 aromatic rings. The van der Waals surface area contributed by atoms with Crippen LogP contribution in [-0.4, -0.2) is 29.6 Å². The van der Waals surface area contributed by atoms with E-state index in [1.54, 1.807) is 18.2 Å². The molecule has 0 aliphatic heterocycles. The Kier molecular flexibility index (Phi) is 5.48. The molecule has 0 saturated carbocycles. The summed E-state index contributed by atoms with van der Waals surface area (Å²) in [6.07, 6.45) is 0. The normalized spacial score (nSPS) is 8.70. The summed E-state index contributed by atoms with van der Waals surface area (Å²) in [5.41, 5.74) is 0. The molecule has 10 heavy (non-hydrogen) atoms. The predicted molar refractivity (Wildman–Crippen MR) is 49.5 cm³/mol. The summed E-state index contributed by atoms with van der Waals surface area (Å²) in [5.74, 6) is 0. The van der Waals surface area contributed by atoms with Crippen LogP contribution in [0.2, 0.25) is 10.0 Å². The van der Waals surface area contributed by atoms with Crippen LogP contribution >= 0.6 is 35.8 Å². The van der Waals surface area contributed by atoms with Gasteiger partial charge in [0.25, 0.3) is 0 Å². The zero-order valence-corrected chi connectivity index (χ0v) is 9.84. The van der Waals surface area contributed by atoms with E-state index in [4.69, 9.17) is 23.2 Å². The van der Waals surface area contributed by atoms with Gasteiger partial charge in [-0.1, -0.05) is 23.2 Å². The van der Waals surface area contributed by atoms with Crippen molar-refractivity contribution in [2.24, 2.45) is 0 Å². The average Bonchev–Trinajstić information content (AvgIpc) is 1.80. The van der Waals surface area contributed by atoms with Gasteiger partial charge in [0.2, 0.25) is 0 Å². The molecule has 0 aromatic heterocycles. The molecular weight excluding hydrogens is 198 g/mol. The summed E-state index contributed by atoms with van der Waals surface area (Å²) in [5, 5.41) is 1.28. The van der Waals surface area contributed by atoms with Crippen molar-refractivity contribution in [2.45, 2.75) is 4.90 Å². The molecule has 0 aliphatic carbocycles. The quantitative estimate of drug-likeness (QED) is 0.485. The second-order valence-electron chi connectivity index (χ2n) is 1.60. The molecule has 0 unspecified atom stereocenters. The number of rotatable bonds is 0. The second-order valence-corrected chi connectivity index (χ2v) is 2.92. The maximum atomic E-state index is 5.65. The molecule has 0 saturated heterocycles. The smallest absolute Gasteiger partial charge is 0.0540 e. The van der Waals surface area contributed by atoms with Crippen LogP contribution in [0.4, 0.5) is 0 Å². The van der Waals surface area contributed by atoms with Crippen molar-refractivity contribution in [2.75, 3.05) is 0 Å². The molecule has 1 radical (unpaired) electrons. The van der Waals surface area contributed by atoms with Crippen LogP contribution in [-0.2, 0) is 0 Å². The number of hydrogen-bond donors (Lipinski definition) is 1. The standard InChI is InChI=1S/C6H4Cl2S.Na/c7-4-1-2-5(8)6(9)3-4;/h1-3,9H;. The third kappa shape index (κ3) is 3.04. The Hall–Kier alpha value is 1.15. The van der Waals surface area contributed by atoms with Crippen LogP contribution < -0.4 is 0 Å². The summed E-state index contributed by atoms with van der Waals surface area (Å²) in [6, 6.07) is 5.14. The van der Waals surface area contributed by atoms with Gasteiger partial charge >= 0.3 is 0 Å². The van der Waals surface area contributed by atoms with Gasteiger partial charge < -0.3 is 0 Å². The van der Waals surface area contributed by atoms with Crippen LogP contribution in [0.3, 0.4) is 0 Å². The van der Waals surface area contributed by atoms with Gasteiger partial charge in [0, 0.05) is 39.5 Å². The number of halogens is 2. The third-order valence-corrected chi connectivity index (χ3v) is 1.97. The Morgan fingerprint density at radius 3 is 2.20 bits per heavy atom. The molecular formula is C6H4Cl2NaS. The first-order chi connectivity index (χ1) is 4.20. The molecule has 49 valence electrons. The molecule has 0 heterocycles.